The zero-order chi connectivity index (χ0) is 20.4. The summed E-state index contributed by atoms with van der Waals surface area (Å²) in [4.78, 5) is 14.8. The number of fused-ring (bicyclic) bond motifs is 1. The molecule has 27 heavy (non-hydrogen) atoms. The topological polar surface area (TPSA) is 60.4 Å². The molecule has 0 aliphatic carbocycles. The van der Waals surface area contributed by atoms with Gasteiger partial charge in [-0.2, -0.15) is 17.6 Å². The lowest BCUT2D eigenvalue weighted by atomic mass is 10.2. The van der Waals surface area contributed by atoms with Crippen LogP contribution in [0.15, 0.2) is 5.16 Å². The number of aromatic nitrogens is 3. The smallest absolute Gasteiger partial charge is 0.228 e. The van der Waals surface area contributed by atoms with Gasteiger partial charge in [-0.15, -0.1) is 0 Å². The molecule has 0 N–H and O–H groups in total. The Balaban J connectivity index is 0.000000855. The van der Waals surface area contributed by atoms with E-state index in [0.29, 0.717) is 36.1 Å². The summed E-state index contributed by atoms with van der Waals surface area (Å²) < 4.78 is 25.2. The number of methoxy groups -OCH3 is 1. The van der Waals surface area contributed by atoms with Gasteiger partial charge in [0.2, 0.25) is 5.88 Å². The van der Waals surface area contributed by atoms with Crippen LogP contribution in [0.3, 0.4) is 0 Å². The zero-order valence-electron chi connectivity index (χ0n) is 16.3. The van der Waals surface area contributed by atoms with E-state index in [9.17, 15) is 4.39 Å². The van der Waals surface area contributed by atoms with Crippen molar-refractivity contribution >= 4 is 52.7 Å². The predicted molar refractivity (Wildman–Crippen MR) is 115 cm³/mol. The Hall–Kier alpha value is -1.03. The fourth-order valence-electron chi connectivity index (χ4n) is 2.50. The minimum absolute atomic E-state index is 0.126. The zero-order valence-corrected chi connectivity index (χ0v) is 18.7. The summed E-state index contributed by atoms with van der Waals surface area (Å²) in [5.74, 6) is 0.163. The maximum absolute atomic E-state index is 14.5. The average molecular weight is 437 g/mol. The molecule has 2 aromatic heterocycles. The molecule has 0 bridgehead atoms. The summed E-state index contributed by atoms with van der Waals surface area (Å²) in [6.07, 6.45) is 4.40. The maximum atomic E-state index is 14.5. The van der Waals surface area contributed by atoms with Gasteiger partial charge in [0.05, 0.1) is 13.7 Å². The molecule has 3 heterocycles. The Bertz CT molecular complexity index is 732. The fourth-order valence-corrected chi connectivity index (χ4v) is 3.03. The number of rotatable bonds is 3. The van der Waals surface area contributed by atoms with Gasteiger partial charge in [-0.3, -0.25) is 0 Å². The molecule has 0 unspecified atom stereocenters. The van der Waals surface area contributed by atoms with Crippen LogP contribution in [0.5, 0.6) is 5.88 Å². The van der Waals surface area contributed by atoms with E-state index in [1.165, 1.54) is 18.9 Å². The van der Waals surface area contributed by atoms with Crippen molar-refractivity contribution in [3.05, 3.63) is 11.0 Å². The summed E-state index contributed by atoms with van der Waals surface area (Å²) >= 11 is 10.7. The largest absolute Gasteiger partial charge is 0.480 e. The Morgan fingerprint density at radius 1 is 1.19 bits per heavy atom. The van der Waals surface area contributed by atoms with Crippen molar-refractivity contribution in [2.45, 2.75) is 25.4 Å². The normalized spacial score (nSPS) is 13.9. The summed E-state index contributed by atoms with van der Waals surface area (Å²) in [5.41, 5.74) is 0.126. The number of thiol groups is 1. The van der Waals surface area contributed by atoms with Crippen LogP contribution in [-0.2, 0) is 4.74 Å². The molecule has 10 heteroatoms. The molecule has 152 valence electrons. The highest BCUT2D eigenvalue weighted by atomic mass is 35.5. The van der Waals surface area contributed by atoms with E-state index in [1.54, 1.807) is 6.26 Å². The second-order valence-corrected chi connectivity index (χ2v) is 6.07. The molecule has 3 rings (SSSR count). The first-order valence-electron chi connectivity index (χ1n) is 8.57. The molecule has 1 fully saturated rings. The van der Waals surface area contributed by atoms with E-state index in [4.69, 9.17) is 21.1 Å². The molecule has 0 atom stereocenters. The predicted octanol–water partition coefficient (Wildman–Crippen LogP) is 4.35. The molecule has 1 saturated heterocycles. The average Bonchev–Trinajstić information content (AvgIpc) is 3.02. The van der Waals surface area contributed by atoms with E-state index < -0.39 is 5.82 Å². The molecule has 0 amide bonds. The van der Waals surface area contributed by atoms with Gasteiger partial charge >= 0.3 is 0 Å². The van der Waals surface area contributed by atoms with Gasteiger partial charge in [0.25, 0.3) is 0 Å². The van der Waals surface area contributed by atoms with E-state index in [1.807, 2.05) is 25.0 Å². The van der Waals surface area contributed by atoms with Crippen LogP contribution in [0, 0.1) is 5.82 Å². The molecule has 6 nitrogen and oxygen atoms in total. The van der Waals surface area contributed by atoms with Gasteiger partial charge in [-0.25, -0.2) is 14.4 Å². The number of nitrogens with zero attached hydrogens (tertiary/aromatic N) is 4. The quantitative estimate of drug-likeness (QED) is 0.332. The first-order chi connectivity index (χ1) is 13.2. The lowest BCUT2D eigenvalue weighted by molar-refractivity contribution is 0.152. The third-order valence-electron chi connectivity index (χ3n) is 3.57. The highest BCUT2D eigenvalue weighted by molar-refractivity contribution is 7.98. The summed E-state index contributed by atoms with van der Waals surface area (Å²) in [6, 6.07) is 0. The first kappa shape index (κ1) is 24.0. The van der Waals surface area contributed by atoms with Crippen molar-refractivity contribution < 1.29 is 13.9 Å². The van der Waals surface area contributed by atoms with Gasteiger partial charge in [0.15, 0.2) is 16.1 Å². The first-order valence-corrected chi connectivity index (χ1v) is 11.1. The lowest BCUT2D eigenvalue weighted by Gasteiger charge is -2.23. The standard InChI is InChI=1S/C14H16ClFN4O2S.C2H6.CH4S/c1-21-13-8-10(9(16)11(15)18-13)17-14(23-2)19-12(8)20-4-3-6-22-7-5-20;2*1-2/h3-7H2,1-2H3;1-2H3;2H,1H3. The minimum atomic E-state index is -0.660. The van der Waals surface area contributed by atoms with Gasteiger partial charge < -0.3 is 14.4 Å². The van der Waals surface area contributed by atoms with Crippen molar-refractivity contribution in [3.8, 4) is 5.88 Å². The van der Waals surface area contributed by atoms with Crippen LogP contribution < -0.4 is 9.64 Å². The van der Waals surface area contributed by atoms with Crippen molar-refractivity contribution in [2.75, 3.05) is 50.8 Å². The summed E-state index contributed by atoms with van der Waals surface area (Å²) in [5, 5.41) is 0.653. The fraction of sp³-hybridized carbons (Fsp3) is 0.588. The SMILES string of the molecule is CC.COc1nc(Cl)c(F)c2nc(SC)nc(N3CCCOCC3)c12.CS. The highest BCUT2D eigenvalue weighted by Gasteiger charge is 2.24. The molecular formula is C17H26ClFN4O2S2. The molecule has 1 aliphatic rings. The molecule has 0 spiro atoms. The van der Waals surface area contributed by atoms with Gasteiger partial charge in [-0.1, -0.05) is 37.2 Å². The van der Waals surface area contributed by atoms with Crippen molar-refractivity contribution in [1.82, 2.24) is 15.0 Å². The second-order valence-electron chi connectivity index (χ2n) is 4.94. The molecule has 0 aromatic carbocycles. The summed E-state index contributed by atoms with van der Waals surface area (Å²) in [6.45, 7) is 6.71. The third-order valence-corrected chi connectivity index (χ3v) is 4.37. The Morgan fingerprint density at radius 2 is 1.89 bits per heavy atom. The number of hydrogen-bond donors (Lipinski definition) is 1. The molecular weight excluding hydrogens is 411 g/mol. The number of ether oxygens (including phenoxy) is 2. The minimum Gasteiger partial charge on any atom is -0.480 e. The Labute approximate surface area is 174 Å². The van der Waals surface area contributed by atoms with Crippen LogP contribution in [0.4, 0.5) is 10.2 Å². The van der Waals surface area contributed by atoms with Crippen LogP contribution in [0.25, 0.3) is 10.9 Å². The number of hydrogen-bond acceptors (Lipinski definition) is 8. The van der Waals surface area contributed by atoms with Crippen molar-refractivity contribution in [3.63, 3.8) is 0 Å². The molecule has 0 saturated carbocycles. The van der Waals surface area contributed by atoms with Crippen LogP contribution >= 0.6 is 36.0 Å². The number of halogens is 2. The third kappa shape index (κ3) is 5.73. The van der Waals surface area contributed by atoms with Gasteiger partial charge in [0.1, 0.15) is 16.7 Å². The lowest BCUT2D eigenvalue weighted by Crippen LogP contribution is -2.27. The molecule has 1 aliphatic heterocycles. The number of pyridine rings is 1. The molecule has 2 aromatic rings. The van der Waals surface area contributed by atoms with E-state index in [0.717, 1.165) is 13.0 Å². The van der Waals surface area contributed by atoms with Crippen LogP contribution in [0.2, 0.25) is 5.15 Å². The molecule has 0 radical (unpaired) electrons. The van der Waals surface area contributed by atoms with Gasteiger partial charge in [-0.05, 0) is 18.9 Å². The Kier molecular flexibility index (Phi) is 11.1. The van der Waals surface area contributed by atoms with E-state index in [2.05, 4.69) is 27.6 Å². The van der Waals surface area contributed by atoms with Crippen LogP contribution in [0.1, 0.15) is 20.3 Å². The van der Waals surface area contributed by atoms with Crippen molar-refractivity contribution in [1.29, 1.82) is 0 Å². The number of thioether (sulfide) groups is 1. The maximum Gasteiger partial charge on any atom is 0.228 e. The van der Waals surface area contributed by atoms with Crippen LogP contribution in [-0.4, -0.2) is 60.9 Å². The number of anilines is 1. The highest BCUT2D eigenvalue weighted by Crippen LogP contribution is 2.36. The Morgan fingerprint density at radius 3 is 2.52 bits per heavy atom. The van der Waals surface area contributed by atoms with Gasteiger partial charge in [0, 0.05) is 19.7 Å². The second kappa shape index (κ2) is 12.4. The monoisotopic (exact) mass is 436 g/mol. The van der Waals surface area contributed by atoms with Crippen molar-refractivity contribution in [2.24, 2.45) is 0 Å². The summed E-state index contributed by atoms with van der Waals surface area (Å²) in [7, 11) is 1.47. The van der Waals surface area contributed by atoms with E-state index in [-0.39, 0.29) is 16.5 Å². The van der Waals surface area contributed by atoms with E-state index >= 15 is 0 Å².